The second-order valence-electron chi connectivity index (χ2n) is 3.21. The van der Waals surface area contributed by atoms with Crippen LogP contribution in [0.2, 0.25) is 0 Å². The average Bonchev–Trinajstić information content (AvgIpc) is 2.27. The van der Waals surface area contributed by atoms with Crippen molar-refractivity contribution in [2.45, 2.75) is 19.8 Å². The molecule has 80 valence electrons. The van der Waals surface area contributed by atoms with Crippen LogP contribution in [0.4, 0.5) is 0 Å². The lowest BCUT2D eigenvalue weighted by molar-refractivity contribution is 0.335. The van der Waals surface area contributed by atoms with Crippen LogP contribution in [-0.2, 0) is 15.5 Å². The number of benzene rings is 1. The number of allylic oxidation sites excluding steroid dienone is 1. The first-order chi connectivity index (χ1) is 7.29. The van der Waals surface area contributed by atoms with Gasteiger partial charge in [0.05, 0.1) is 0 Å². The molecule has 1 atom stereocenters. The maximum Gasteiger partial charge on any atom is 0.549 e. The van der Waals surface area contributed by atoms with Gasteiger partial charge in [0.25, 0.3) is 0 Å². The number of hydrogen-bond donors (Lipinski definition) is 0. The molecule has 0 heterocycles. The molecule has 0 amide bonds. The summed E-state index contributed by atoms with van der Waals surface area (Å²) in [5.74, 6) is 0. The fourth-order valence-corrected chi connectivity index (χ4v) is 2.36. The molecule has 0 fully saturated rings. The molecule has 0 saturated carbocycles. The highest BCUT2D eigenvalue weighted by Gasteiger charge is 2.24. The first kappa shape index (κ1) is 12.1. The first-order valence-corrected chi connectivity index (χ1v) is 6.26. The van der Waals surface area contributed by atoms with Crippen molar-refractivity contribution in [3.8, 4) is 0 Å². The van der Waals surface area contributed by atoms with Crippen molar-refractivity contribution in [1.82, 2.24) is 0 Å². The quantitative estimate of drug-likeness (QED) is 0.546. The summed E-state index contributed by atoms with van der Waals surface area (Å²) < 4.78 is 17.0. The fraction of sp³-hybridized carbons (Fsp3) is 0.333. The van der Waals surface area contributed by atoms with Crippen LogP contribution in [-0.4, -0.2) is 6.61 Å². The van der Waals surface area contributed by atoms with Gasteiger partial charge in [-0.1, -0.05) is 31.2 Å². The van der Waals surface area contributed by atoms with Crippen LogP contribution in [0.3, 0.4) is 0 Å². The van der Waals surface area contributed by atoms with E-state index in [0.717, 1.165) is 23.7 Å². The van der Waals surface area contributed by atoms with Gasteiger partial charge in [0.15, 0.2) is 0 Å². The maximum atomic E-state index is 11.8. The Bertz CT molecular complexity index is 347. The largest absolute Gasteiger partial charge is 0.549 e. The molecule has 0 aliphatic heterocycles. The molecule has 2 nitrogen and oxygen atoms in total. The van der Waals surface area contributed by atoms with E-state index < -0.39 is 8.03 Å². The van der Waals surface area contributed by atoms with Gasteiger partial charge in [0.2, 0.25) is 5.30 Å². The highest BCUT2D eigenvalue weighted by atomic mass is 31.1. The molecule has 0 saturated heterocycles. The molecule has 0 bridgehead atoms. The van der Waals surface area contributed by atoms with Crippen LogP contribution in [0.1, 0.15) is 18.9 Å². The minimum Gasteiger partial charge on any atom is -0.142 e. The van der Waals surface area contributed by atoms with Gasteiger partial charge in [-0.25, -0.2) is 0 Å². The highest BCUT2D eigenvalue weighted by Crippen LogP contribution is 2.23. The number of rotatable bonds is 6. The van der Waals surface area contributed by atoms with Gasteiger partial charge in [0, 0.05) is 5.56 Å². The second kappa shape index (κ2) is 6.49. The van der Waals surface area contributed by atoms with E-state index in [-0.39, 0.29) is 0 Å². The topological polar surface area (TPSA) is 26.3 Å². The summed E-state index contributed by atoms with van der Waals surface area (Å²) in [4.78, 5) is 0. The third-order valence-corrected chi connectivity index (χ3v) is 3.21. The molecule has 0 N–H and O–H groups in total. The van der Waals surface area contributed by atoms with Crippen molar-refractivity contribution < 1.29 is 9.09 Å². The van der Waals surface area contributed by atoms with Crippen molar-refractivity contribution in [2.24, 2.45) is 0 Å². The minimum atomic E-state index is -1.71. The SMILES string of the molecule is C=CCc1ccccc1[P+](=O)OCCC. The van der Waals surface area contributed by atoms with Crippen molar-refractivity contribution >= 4 is 13.3 Å². The van der Waals surface area contributed by atoms with Gasteiger partial charge in [-0.3, -0.25) is 0 Å². The Morgan fingerprint density at radius 1 is 1.47 bits per heavy atom. The van der Waals surface area contributed by atoms with E-state index >= 15 is 0 Å². The fourth-order valence-electron chi connectivity index (χ4n) is 1.26. The van der Waals surface area contributed by atoms with Gasteiger partial charge < -0.3 is 0 Å². The van der Waals surface area contributed by atoms with E-state index in [4.69, 9.17) is 4.52 Å². The van der Waals surface area contributed by atoms with Crippen LogP contribution >= 0.6 is 8.03 Å². The van der Waals surface area contributed by atoms with Crippen LogP contribution in [0, 0.1) is 0 Å². The third kappa shape index (κ3) is 3.58. The van der Waals surface area contributed by atoms with E-state index in [1.165, 1.54) is 0 Å². The van der Waals surface area contributed by atoms with Crippen LogP contribution in [0.15, 0.2) is 36.9 Å². The Kier molecular flexibility index (Phi) is 5.23. The van der Waals surface area contributed by atoms with Gasteiger partial charge in [0.1, 0.15) is 6.61 Å². The van der Waals surface area contributed by atoms with Crippen molar-refractivity contribution in [2.75, 3.05) is 6.61 Å². The summed E-state index contributed by atoms with van der Waals surface area (Å²) in [6.45, 7) is 6.22. The molecule has 1 aromatic rings. The molecule has 0 aromatic heterocycles. The monoisotopic (exact) mass is 223 g/mol. The molecule has 0 spiro atoms. The molecule has 0 aliphatic rings. The lowest BCUT2D eigenvalue weighted by Gasteiger charge is -1.96. The predicted molar refractivity (Wildman–Crippen MR) is 63.8 cm³/mol. The zero-order valence-electron chi connectivity index (χ0n) is 8.98. The Morgan fingerprint density at radius 3 is 2.87 bits per heavy atom. The molecular formula is C12H16O2P+. The van der Waals surface area contributed by atoms with E-state index in [9.17, 15) is 4.57 Å². The standard InChI is InChI=1S/C12H16O2P/c1-3-7-11-8-5-6-9-12(11)15(13)14-10-4-2/h3,5-6,8-9H,1,4,7,10H2,2H3/q+1. The summed E-state index contributed by atoms with van der Waals surface area (Å²) in [5, 5.41) is 0.792. The Balaban J connectivity index is 2.82. The summed E-state index contributed by atoms with van der Waals surface area (Å²) in [6, 6.07) is 7.63. The average molecular weight is 223 g/mol. The molecule has 0 aliphatic carbocycles. The molecular weight excluding hydrogens is 207 g/mol. The smallest absolute Gasteiger partial charge is 0.142 e. The van der Waals surface area contributed by atoms with Gasteiger partial charge in [-0.05, 0) is 23.5 Å². The van der Waals surface area contributed by atoms with Crippen LogP contribution < -0.4 is 5.30 Å². The summed E-state index contributed by atoms with van der Waals surface area (Å²) in [6.07, 6.45) is 3.42. The zero-order chi connectivity index (χ0) is 11.1. The first-order valence-electron chi connectivity index (χ1n) is 5.08. The molecule has 15 heavy (non-hydrogen) atoms. The lowest BCUT2D eigenvalue weighted by Crippen LogP contribution is -2.05. The predicted octanol–water partition coefficient (Wildman–Crippen LogP) is 3.21. The molecule has 1 rings (SSSR count). The third-order valence-electron chi connectivity index (χ3n) is 1.97. The van der Waals surface area contributed by atoms with Crippen LogP contribution in [0.5, 0.6) is 0 Å². The number of hydrogen-bond acceptors (Lipinski definition) is 2. The molecule has 0 radical (unpaired) electrons. The lowest BCUT2D eigenvalue weighted by atomic mass is 10.1. The summed E-state index contributed by atoms with van der Waals surface area (Å²) >= 11 is 0. The maximum absolute atomic E-state index is 11.8. The highest BCUT2D eigenvalue weighted by molar-refractivity contribution is 7.48. The molecule has 1 unspecified atom stereocenters. The van der Waals surface area contributed by atoms with E-state index in [1.54, 1.807) is 0 Å². The second-order valence-corrected chi connectivity index (χ2v) is 4.47. The normalized spacial score (nSPS) is 11.1. The Labute approximate surface area is 91.8 Å². The van der Waals surface area contributed by atoms with Crippen molar-refractivity contribution in [1.29, 1.82) is 0 Å². The summed E-state index contributed by atoms with van der Waals surface area (Å²) in [5.41, 5.74) is 1.03. The van der Waals surface area contributed by atoms with Crippen LogP contribution in [0.25, 0.3) is 0 Å². The Morgan fingerprint density at radius 2 is 2.20 bits per heavy atom. The van der Waals surface area contributed by atoms with Crippen molar-refractivity contribution in [3.05, 3.63) is 42.5 Å². The molecule has 1 aromatic carbocycles. The van der Waals surface area contributed by atoms with E-state index in [2.05, 4.69) is 6.58 Å². The Hall–Kier alpha value is -0.980. The van der Waals surface area contributed by atoms with Gasteiger partial charge in [-0.2, -0.15) is 0 Å². The summed E-state index contributed by atoms with van der Waals surface area (Å²) in [7, 11) is -1.71. The van der Waals surface area contributed by atoms with E-state index in [1.807, 2.05) is 37.3 Å². The van der Waals surface area contributed by atoms with Crippen molar-refractivity contribution in [3.63, 3.8) is 0 Å². The zero-order valence-corrected chi connectivity index (χ0v) is 9.87. The van der Waals surface area contributed by atoms with E-state index in [0.29, 0.717) is 6.61 Å². The minimum absolute atomic E-state index is 0.539. The molecule has 3 heteroatoms. The van der Waals surface area contributed by atoms with Gasteiger partial charge >= 0.3 is 8.03 Å². The van der Waals surface area contributed by atoms with Gasteiger partial charge in [-0.15, -0.1) is 11.1 Å².